The molecule has 1 heterocycles. The van der Waals surface area contributed by atoms with E-state index in [-0.39, 0.29) is 11.6 Å². The van der Waals surface area contributed by atoms with Gasteiger partial charge in [0.1, 0.15) is 11.6 Å². The molecule has 134 valence electrons. The summed E-state index contributed by atoms with van der Waals surface area (Å²) in [5, 5.41) is 19.5. The highest BCUT2D eigenvalue weighted by Gasteiger charge is 2.14. The van der Waals surface area contributed by atoms with E-state index in [2.05, 4.69) is 4.98 Å². The second-order valence-electron chi connectivity index (χ2n) is 6.97. The summed E-state index contributed by atoms with van der Waals surface area (Å²) in [6, 6.07) is 19.7. The monoisotopic (exact) mass is 355 g/mol. The summed E-state index contributed by atoms with van der Waals surface area (Å²) in [7, 11) is 0. The molecule has 0 fully saturated rings. The molecule has 0 bridgehead atoms. The highest BCUT2D eigenvalue weighted by molar-refractivity contribution is 5.99. The van der Waals surface area contributed by atoms with Gasteiger partial charge in [-0.3, -0.25) is 5.41 Å². The van der Waals surface area contributed by atoms with Gasteiger partial charge in [-0.25, -0.2) is 0 Å². The molecule has 4 heteroatoms. The molecular formula is C23H21N3O. The molecule has 0 atom stereocenters. The maximum absolute atomic E-state index is 11.0. The number of fused-ring (bicyclic) bond motifs is 1. The van der Waals surface area contributed by atoms with Crippen molar-refractivity contribution in [3.63, 3.8) is 0 Å². The second-order valence-corrected chi connectivity index (χ2v) is 6.97. The standard InChI is InChI=1S/C23H21N3O/c1-13-3-5-15(6-4-13)18-9-14(2)10-19(22(18)27)21-12-17-11-16(23(24)25)7-8-20(17)26-21/h3-12,26-27H,1-2H3,(H3,24,25). The van der Waals surface area contributed by atoms with Crippen molar-refractivity contribution in [3.8, 4) is 28.1 Å². The molecule has 0 unspecified atom stereocenters. The number of phenolic OH excluding ortho intramolecular Hbond substituents is 1. The Hall–Kier alpha value is -3.53. The number of nitrogens with two attached hydrogens (primary N) is 1. The lowest BCUT2D eigenvalue weighted by Gasteiger charge is -2.11. The number of H-pyrrole nitrogens is 1. The first kappa shape index (κ1) is 16.9. The Kier molecular flexibility index (Phi) is 3.96. The maximum Gasteiger partial charge on any atom is 0.132 e. The van der Waals surface area contributed by atoms with Gasteiger partial charge in [-0.1, -0.05) is 29.8 Å². The van der Waals surface area contributed by atoms with Crippen molar-refractivity contribution in [1.82, 2.24) is 4.98 Å². The molecule has 0 amide bonds. The van der Waals surface area contributed by atoms with Gasteiger partial charge >= 0.3 is 0 Å². The van der Waals surface area contributed by atoms with Crippen molar-refractivity contribution in [2.75, 3.05) is 0 Å². The predicted octanol–water partition coefficient (Wildman–Crippen LogP) is 5.11. The summed E-state index contributed by atoms with van der Waals surface area (Å²) in [5.74, 6) is 0.294. The van der Waals surface area contributed by atoms with Gasteiger partial charge in [0.2, 0.25) is 0 Å². The summed E-state index contributed by atoms with van der Waals surface area (Å²) in [6.45, 7) is 4.07. The van der Waals surface area contributed by atoms with Crippen molar-refractivity contribution in [3.05, 3.63) is 77.4 Å². The van der Waals surface area contributed by atoms with Crippen LogP contribution in [-0.4, -0.2) is 15.9 Å². The average Bonchev–Trinajstić information content (AvgIpc) is 3.07. The van der Waals surface area contributed by atoms with Crippen molar-refractivity contribution in [2.45, 2.75) is 13.8 Å². The number of hydrogen-bond acceptors (Lipinski definition) is 2. The van der Waals surface area contributed by atoms with E-state index in [1.807, 2.05) is 74.5 Å². The first-order chi connectivity index (χ1) is 12.9. The molecule has 0 aliphatic heterocycles. The lowest BCUT2D eigenvalue weighted by molar-refractivity contribution is 0.479. The molecule has 0 aliphatic rings. The van der Waals surface area contributed by atoms with Crippen LogP contribution < -0.4 is 5.73 Å². The van der Waals surface area contributed by atoms with Crippen LogP contribution in [0, 0.1) is 19.3 Å². The molecule has 0 aliphatic carbocycles. The van der Waals surface area contributed by atoms with Crippen LogP contribution in [0.2, 0.25) is 0 Å². The zero-order valence-electron chi connectivity index (χ0n) is 15.3. The average molecular weight is 355 g/mol. The van der Waals surface area contributed by atoms with E-state index in [1.54, 1.807) is 0 Å². The number of hydrogen-bond donors (Lipinski definition) is 4. The maximum atomic E-state index is 11.0. The molecule has 0 saturated carbocycles. The summed E-state index contributed by atoms with van der Waals surface area (Å²) in [6.07, 6.45) is 0. The third kappa shape index (κ3) is 3.06. The lowest BCUT2D eigenvalue weighted by atomic mass is 9.96. The van der Waals surface area contributed by atoms with E-state index in [0.717, 1.165) is 38.9 Å². The molecule has 27 heavy (non-hydrogen) atoms. The number of rotatable bonds is 3. The highest BCUT2D eigenvalue weighted by atomic mass is 16.3. The van der Waals surface area contributed by atoms with Gasteiger partial charge in [0, 0.05) is 27.6 Å². The third-order valence-electron chi connectivity index (χ3n) is 4.84. The molecule has 0 spiro atoms. The van der Waals surface area contributed by atoms with Crippen molar-refractivity contribution in [2.24, 2.45) is 5.73 Å². The van der Waals surface area contributed by atoms with Gasteiger partial charge in [-0.05, 0) is 61.4 Å². The fourth-order valence-corrected chi connectivity index (χ4v) is 3.38. The zero-order valence-corrected chi connectivity index (χ0v) is 15.3. The summed E-state index contributed by atoms with van der Waals surface area (Å²) < 4.78 is 0. The summed E-state index contributed by atoms with van der Waals surface area (Å²) >= 11 is 0. The minimum Gasteiger partial charge on any atom is -0.507 e. The number of phenols is 1. The number of aromatic hydroxyl groups is 1. The number of aromatic nitrogens is 1. The first-order valence-corrected chi connectivity index (χ1v) is 8.80. The third-order valence-corrected chi connectivity index (χ3v) is 4.84. The molecule has 4 nitrogen and oxygen atoms in total. The molecule has 5 N–H and O–H groups in total. The van der Waals surface area contributed by atoms with E-state index < -0.39 is 0 Å². The van der Waals surface area contributed by atoms with E-state index in [9.17, 15) is 5.11 Å². The van der Waals surface area contributed by atoms with Crippen LogP contribution >= 0.6 is 0 Å². The van der Waals surface area contributed by atoms with Gasteiger partial charge in [0.25, 0.3) is 0 Å². The number of aryl methyl sites for hydroxylation is 2. The number of benzene rings is 3. The van der Waals surface area contributed by atoms with Gasteiger partial charge in [0.05, 0.1) is 5.69 Å². The van der Waals surface area contributed by atoms with E-state index in [1.165, 1.54) is 5.56 Å². The Morgan fingerprint density at radius 3 is 2.30 bits per heavy atom. The number of amidine groups is 1. The molecule has 4 aromatic rings. The van der Waals surface area contributed by atoms with Crippen LogP contribution in [0.5, 0.6) is 5.75 Å². The Labute approximate surface area is 157 Å². The summed E-state index contributed by atoms with van der Waals surface area (Å²) in [5.41, 5.74) is 12.9. The fourth-order valence-electron chi connectivity index (χ4n) is 3.38. The van der Waals surface area contributed by atoms with Crippen LogP contribution in [0.3, 0.4) is 0 Å². The molecule has 0 saturated heterocycles. The Morgan fingerprint density at radius 1 is 0.889 bits per heavy atom. The van der Waals surface area contributed by atoms with Crippen LogP contribution in [0.4, 0.5) is 0 Å². The van der Waals surface area contributed by atoms with Gasteiger partial charge in [-0.2, -0.15) is 0 Å². The van der Waals surface area contributed by atoms with Crippen molar-refractivity contribution in [1.29, 1.82) is 5.41 Å². The van der Waals surface area contributed by atoms with E-state index >= 15 is 0 Å². The van der Waals surface area contributed by atoms with Crippen LogP contribution in [0.25, 0.3) is 33.3 Å². The summed E-state index contributed by atoms with van der Waals surface area (Å²) in [4.78, 5) is 3.36. The number of nitrogen functional groups attached to an aromatic ring is 1. The van der Waals surface area contributed by atoms with Crippen LogP contribution in [-0.2, 0) is 0 Å². The van der Waals surface area contributed by atoms with Crippen LogP contribution in [0.15, 0.2) is 60.7 Å². The smallest absolute Gasteiger partial charge is 0.132 e. The zero-order chi connectivity index (χ0) is 19.1. The van der Waals surface area contributed by atoms with E-state index in [4.69, 9.17) is 11.1 Å². The first-order valence-electron chi connectivity index (χ1n) is 8.80. The molecule has 0 radical (unpaired) electrons. The second kappa shape index (κ2) is 6.32. The minimum absolute atomic E-state index is 0.0414. The van der Waals surface area contributed by atoms with E-state index in [0.29, 0.717) is 5.56 Å². The number of aromatic amines is 1. The Morgan fingerprint density at radius 2 is 1.59 bits per heavy atom. The molecule has 3 aromatic carbocycles. The fraction of sp³-hybridized carbons (Fsp3) is 0.0870. The molecule has 1 aromatic heterocycles. The van der Waals surface area contributed by atoms with Gasteiger partial charge < -0.3 is 15.8 Å². The normalized spacial score (nSPS) is 11.0. The minimum atomic E-state index is 0.0414. The lowest BCUT2D eigenvalue weighted by Crippen LogP contribution is -2.10. The van der Waals surface area contributed by atoms with Crippen molar-refractivity contribution >= 4 is 16.7 Å². The largest absolute Gasteiger partial charge is 0.507 e. The van der Waals surface area contributed by atoms with Crippen LogP contribution in [0.1, 0.15) is 16.7 Å². The van der Waals surface area contributed by atoms with Gasteiger partial charge in [0.15, 0.2) is 0 Å². The molecule has 4 rings (SSSR count). The quantitative estimate of drug-likeness (QED) is 0.304. The molecular weight excluding hydrogens is 334 g/mol. The topological polar surface area (TPSA) is 85.9 Å². The Balaban J connectivity index is 1.87. The SMILES string of the molecule is Cc1ccc(-c2cc(C)cc(-c3cc4cc(C(=N)N)ccc4[nH]3)c2O)cc1. The van der Waals surface area contributed by atoms with Crippen molar-refractivity contribution < 1.29 is 5.11 Å². The predicted molar refractivity (Wildman–Crippen MR) is 111 cm³/mol. The Bertz CT molecular complexity index is 1170. The highest BCUT2D eigenvalue weighted by Crippen LogP contribution is 2.39. The number of nitrogens with one attached hydrogen (secondary N) is 2. The van der Waals surface area contributed by atoms with Gasteiger partial charge in [-0.15, -0.1) is 0 Å².